The monoisotopic (exact) mass is 375 g/mol. The number of aliphatic hydroxyl groups is 2. The Bertz CT molecular complexity index is 723. The van der Waals surface area contributed by atoms with Gasteiger partial charge in [-0.1, -0.05) is 30.3 Å². The molecule has 1 saturated heterocycles. The van der Waals surface area contributed by atoms with Crippen molar-refractivity contribution in [3.8, 4) is 0 Å². The Morgan fingerprint density at radius 2 is 2.07 bits per heavy atom. The summed E-state index contributed by atoms with van der Waals surface area (Å²) in [4.78, 5) is 14.5. The predicted molar refractivity (Wildman–Crippen MR) is 97.7 cm³/mol. The molecule has 0 spiro atoms. The summed E-state index contributed by atoms with van der Waals surface area (Å²) in [5.41, 5.74) is 3.00. The van der Waals surface area contributed by atoms with Gasteiger partial charge in [-0.2, -0.15) is 0 Å². The number of ether oxygens (including phenoxy) is 2. The van der Waals surface area contributed by atoms with E-state index in [1.807, 2.05) is 30.3 Å². The molecule has 1 aromatic rings. The van der Waals surface area contributed by atoms with E-state index < -0.39 is 17.6 Å². The van der Waals surface area contributed by atoms with Gasteiger partial charge in [0.1, 0.15) is 18.2 Å². The van der Waals surface area contributed by atoms with E-state index in [2.05, 4.69) is 5.43 Å². The number of nitrogens with one attached hydrogen (secondary N) is 1. The molecule has 8 nitrogen and oxygen atoms in total. The van der Waals surface area contributed by atoms with Gasteiger partial charge in [-0.15, -0.1) is 0 Å². The largest absolute Gasteiger partial charge is 0.488 e. The first kappa shape index (κ1) is 19.4. The number of hydrogen-bond acceptors (Lipinski definition) is 7. The Morgan fingerprint density at radius 3 is 2.63 bits per heavy atom. The van der Waals surface area contributed by atoms with Gasteiger partial charge in [-0.05, 0) is 11.6 Å². The molecular formula is C19H25N3O5. The Labute approximate surface area is 158 Å². The molecular weight excluding hydrogens is 350 g/mol. The normalized spacial score (nSPS) is 21.2. The number of nitrogens with zero attached hydrogens (tertiary/aromatic N) is 2. The van der Waals surface area contributed by atoms with E-state index in [1.54, 1.807) is 25.2 Å². The molecule has 0 saturated carbocycles. The fraction of sp³-hybridized carbons (Fsp3) is 0.421. The van der Waals surface area contributed by atoms with E-state index in [-0.39, 0.29) is 37.9 Å². The molecule has 8 heteroatoms. The number of hydrogen-bond donors (Lipinski definition) is 3. The van der Waals surface area contributed by atoms with Crippen molar-refractivity contribution >= 4 is 5.91 Å². The lowest BCUT2D eigenvalue weighted by atomic mass is 9.93. The van der Waals surface area contributed by atoms with Crippen LogP contribution < -0.4 is 5.43 Å². The lowest BCUT2D eigenvalue weighted by Gasteiger charge is -2.49. The second kappa shape index (κ2) is 8.10. The fourth-order valence-electron chi connectivity index (χ4n) is 2.99. The summed E-state index contributed by atoms with van der Waals surface area (Å²) in [6.07, 6.45) is 2.07. The first-order valence-corrected chi connectivity index (χ1v) is 8.70. The van der Waals surface area contributed by atoms with Gasteiger partial charge in [0.05, 0.1) is 19.8 Å². The van der Waals surface area contributed by atoms with Crippen molar-refractivity contribution in [2.45, 2.75) is 18.2 Å². The van der Waals surface area contributed by atoms with E-state index in [9.17, 15) is 15.0 Å². The maximum absolute atomic E-state index is 12.9. The smallest absolute Gasteiger partial charge is 0.285 e. The molecule has 3 rings (SSSR count). The zero-order valence-corrected chi connectivity index (χ0v) is 15.5. The molecule has 1 atom stereocenters. The summed E-state index contributed by atoms with van der Waals surface area (Å²) < 4.78 is 11.1. The zero-order chi connectivity index (χ0) is 19.4. The molecule has 146 valence electrons. The lowest BCUT2D eigenvalue weighted by Crippen LogP contribution is -2.64. The molecule has 2 aliphatic rings. The van der Waals surface area contributed by atoms with Crippen molar-refractivity contribution in [2.75, 3.05) is 33.9 Å². The second-order valence-corrected chi connectivity index (χ2v) is 6.85. The molecule has 0 bridgehead atoms. The van der Waals surface area contributed by atoms with Gasteiger partial charge in [0.15, 0.2) is 11.5 Å². The van der Waals surface area contributed by atoms with Crippen LogP contribution in [0.3, 0.4) is 0 Å². The van der Waals surface area contributed by atoms with Gasteiger partial charge in [0, 0.05) is 20.3 Å². The molecule has 27 heavy (non-hydrogen) atoms. The highest BCUT2D eigenvalue weighted by Crippen LogP contribution is 2.34. The minimum absolute atomic E-state index is 0.139. The van der Waals surface area contributed by atoms with Crippen LogP contribution in [0.1, 0.15) is 5.56 Å². The Hall–Kier alpha value is -2.39. The summed E-state index contributed by atoms with van der Waals surface area (Å²) in [6, 6.07) is 9.49. The lowest BCUT2D eigenvalue weighted by molar-refractivity contribution is -0.146. The molecule has 1 aromatic carbocycles. The highest BCUT2D eigenvalue weighted by atomic mass is 16.5. The highest BCUT2D eigenvalue weighted by Gasteiger charge is 2.48. The Balaban J connectivity index is 1.95. The maximum Gasteiger partial charge on any atom is 0.285 e. The molecule has 1 amide bonds. The number of rotatable bonds is 7. The quantitative estimate of drug-likeness (QED) is 0.576. The SMILES string of the molecule is CN(C)NC(=O)C1=C(OCc2ccccc2)[C@@H](O)C=CN1C1(CO)COC1. The second-order valence-electron chi connectivity index (χ2n) is 6.85. The van der Waals surface area contributed by atoms with Crippen LogP contribution in [0.15, 0.2) is 54.1 Å². The highest BCUT2D eigenvalue weighted by molar-refractivity contribution is 5.93. The summed E-state index contributed by atoms with van der Waals surface area (Å²) in [5.74, 6) is -0.299. The van der Waals surface area contributed by atoms with Gasteiger partial charge in [0.2, 0.25) is 0 Å². The number of benzene rings is 1. The van der Waals surface area contributed by atoms with Crippen LogP contribution in [0.4, 0.5) is 0 Å². The van der Waals surface area contributed by atoms with Crippen molar-refractivity contribution in [2.24, 2.45) is 0 Å². The van der Waals surface area contributed by atoms with Crippen LogP contribution in [0.5, 0.6) is 0 Å². The molecule has 2 aliphatic heterocycles. The third kappa shape index (κ3) is 3.98. The number of amides is 1. The van der Waals surface area contributed by atoms with Gasteiger partial charge in [0.25, 0.3) is 5.91 Å². The molecule has 2 heterocycles. The molecule has 0 unspecified atom stereocenters. The molecule has 0 radical (unpaired) electrons. The van der Waals surface area contributed by atoms with Gasteiger partial charge >= 0.3 is 0 Å². The number of aliphatic hydroxyl groups excluding tert-OH is 2. The van der Waals surface area contributed by atoms with Crippen molar-refractivity contribution in [1.29, 1.82) is 0 Å². The minimum Gasteiger partial charge on any atom is -0.488 e. The third-order valence-corrected chi connectivity index (χ3v) is 4.48. The van der Waals surface area contributed by atoms with E-state index in [4.69, 9.17) is 9.47 Å². The van der Waals surface area contributed by atoms with E-state index in [0.717, 1.165) is 5.56 Å². The van der Waals surface area contributed by atoms with E-state index >= 15 is 0 Å². The van der Waals surface area contributed by atoms with Crippen molar-refractivity contribution in [3.63, 3.8) is 0 Å². The molecule has 0 aliphatic carbocycles. The molecule has 3 N–H and O–H groups in total. The third-order valence-electron chi connectivity index (χ3n) is 4.48. The molecule has 0 aromatic heterocycles. The predicted octanol–water partition coefficient (Wildman–Crippen LogP) is -0.0409. The van der Waals surface area contributed by atoms with Crippen molar-refractivity contribution in [1.82, 2.24) is 15.3 Å². The average molecular weight is 375 g/mol. The zero-order valence-electron chi connectivity index (χ0n) is 15.5. The van der Waals surface area contributed by atoms with Crippen LogP contribution in [0.2, 0.25) is 0 Å². The van der Waals surface area contributed by atoms with Crippen LogP contribution in [0, 0.1) is 0 Å². The number of carbonyl (C=O) groups is 1. The van der Waals surface area contributed by atoms with Gasteiger partial charge in [-0.25, -0.2) is 5.01 Å². The summed E-state index contributed by atoms with van der Waals surface area (Å²) >= 11 is 0. The number of hydrazine groups is 1. The average Bonchev–Trinajstić information content (AvgIpc) is 2.61. The first-order valence-electron chi connectivity index (χ1n) is 8.70. The first-order chi connectivity index (χ1) is 13.0. The Morgan fingerprint density at radius 1 is 1.37 bits per heavy atom. The van der Waals surface area contributed by atoms with E-state index in [1.165, 1.54) is 11.1 Å². The molecule has 1 fully saturated rings. The summed E-state index contributed by atoms with van der Waals surface area (Å²) in [6.45, 7) is 0.553. The fourth-order valence-corrected chi connectivity index (χ4v) is 2.99. The number of carbonyl (C=O) groups excluding carboxylic acids is 1. The summed E-state index contributed by atoms with van der Waals surface area (Å²) in [5, 5.41) is 21.9. The topological polar surface area (TPSA) is 94.5 Å². The minimum atomic E-state index is -1.07. The van der Waals surface area contributed by atoms with Crippen LogP contribution in [-0.2, 0) is 20.9 Å². The van der Waals surface area contributed by atoms with Crippen LogP contribution >= 0.6 is 0 Å². The van der Waals surface area contributed by atoms with E-state index in [0.29, 0.717) is 0 Å². The van der Waals surface area contributed by atoms with Gasteiger partial charge in [-0.3, -0.25) is 10.2 Å². The van der Waals surface area contributed by atoms with Gasteiger partial charge < -0.3 is 24.6 Å². The maximum atomic E-state index is 12.9. The summed E-state index contributed by atoms with van der Waals surface area (Å²) in [7, 11) is 3.38. The van der Waals surface area contributed by atoms with Crippen LogP contribution in [-0.4, -0.2) is 71.6 Å². The standard InChI is InChI=1S/C19H25N3O5/c1-21(2)20-18(25)16-17(27-10-14-6-4-3-5-7-14)15(24)8-9-22(16)19(11-23)12-26-13-19/h3-9,15,23-24H,10-13H2,1-2H3,(H,20,25)/t15-/m0/s1. The Kier molecular flexibility index (Phi) is 5.81. The van der Waals surface area contributed by atoms with Crippen molar-refractivity contribution < 1.29 is 24.5 Å². The van der Waals surface area contributed by atoms with Crippen LogP contribution in [0.25, 0.3) is 0 Å². The van der Waals surface area contributed by atoms with Crippen molar-refractivity contribution in [3.05, 3.63) is 59.6 Å².